The minimum absolute atomic E-state index is 0. The van der Waals surface area contributed by atoms with Crippen molar-refractivity contribution in [1.82, 2.24) is 20.6 Å². The van der Waals surface area contributed by atoms with Gasteiger partial charge in [0.1, 0.15) is 23.9 Å². The number of hydrogen-bond acceptors (Lipinski definition) is 10. The van der Waals surface area contributed by atoms with E-state index in [0.29, 0.717) is 24.6 Å². The van der Waals surface area contributed by atoms with E-state index in [1.807, 2.05) is 6.92 Å². The molecular formula is C19H28N7NaO4. The summed E-state index contributed by atoms with van der Waals surface area (Å²) in [7, 11) is 0. The van der Waals surface area contributed by atoms with Crippen LogP contribution in [-0.4, -0.2) is 51.9 Å². The van der Waals surface area contributed by atoms with E-state index >= 15 is 0 Å². The maximum absolute atomic E-state index is 11.7. The van der Waals surface area contributed by atoms with Crippen molar-refractivity contribution in [2.45, 2.75) is 66.2 Å². The number of rotatable bonds is 4. The topological polar surface area (TPSA) is 150 Å². The predicted octanol–water partition coefficient (Wildman–Crippen LogP) is -0.347. The molecule has 0 saturated heterocycles. The average molecular weight is 441 g/mol. The van der Waals surface area contributed by atoms with Crippen molar-refractivity contribution in [2.24, 2.45) is 15.4 Å². The summed E-state index contributed by atoms with van der Waals surface area (Å²) >= 11 is 0. The molecule has 1 aromatic rings. The summed E-state index contributed by atoms with van der Waals surface area (Å²) in [6.45, 7) is 4.37. The van der Waals surface area contributed by atoms with Gasteiger partial charge in [-0.15, -0.1) is 5.10 Å². The Hall–Kier alpha value is -2.11. The molecule has 164 valence electrons. The summed E-state index contributed by atoms with van der Waals surface area (Å²) < 4.78 is 4.54. The number of carbonyl (C=O) groups is 3. The molecule has 2 heterocycles. The van der Waals surface area contributed by atoms with E-state index in [0.717, 1.165) is 50.5 Å². The third-order valence-electron chi connectivity index (χ3n) is 4.42. The van der Waals surface area contributed by atoms with Gasteiger partial charge in [0.15, 0.2) is 0 Å². The van der Waals surface area contributed by atoms with E-state index in [4.69, 9.17) is 0 Å². The van der Waals surface area contributed by atoms with Crippen LogP contribution in [0.5, 0.6) is 0 Å². The van der Waals surface area contributed by atoms with Gasteiger partial charge < -0.3 is 9.84 Å². The van der Waals surface area contributed by atoms with E-state index in [1.165, 1.54) is 5.57 Å². The Morgan fingerprint density at radius 1 is 1.10 bits per heavy atom. The van der Waals surface area contributed by atoms with Crippen molar-refractivity contribution in [2.75, 3.05) is 13.2 Å². The van der Waals surface area contributed by atoms with Crippen LogP contribution < -0.4 is 34.7 Å². The summed E-state index contributed by atoms with van der Waals surface area (Å²) in [6, 6.07) is 0. The summed E-state index contributed by atoms with van der Waals surface area (Å²) in [5, 5.41) is 23.6. The SMILES string of the molecule is C.CC1=C(C(=O)C2=NN=NC2)CCC1.CCOC(=O)c1nnn[n-]1.O=C1CCCC1.[Na+]. The average Bonchev–Trinajstić information content (AvgIpc) is 3.49. The number of tetrazole rings is 1. The van der Waals surface area contributed by atoms with Crippen LogP contribution in [0.1, 0.15) is 76.8 Å². The Kier molecular flexibility index (Phi) is 14.6. The molecule has 0 aromatic carbocycles. The fourth-order valence-corrected chi connectivity index (χ4v) is 2.90. The second kappa shape index (κ2) is 15.7. The first kappa shape index (κ1) is 28.9. The Morgan fingerprint density at radius 3 is 2.23 bits per heavy atom. The number of ether oxygens (including phenoxy) is 1. The molecule has 1 aliphatic heterocycles. The monoisotopic (exact) mass is 441 g/mol. The molecule has 0 amide bonds. The molecule has 0 unspecified atom stereocenters. The van der Waals surface area contributed by atoms with Gasteiger partial charge in [0, 0.05) is 18.4 Å². The molecule has 0 radical (unpaired) electrons. The zero-order chi connectivity index (χ0) is 21.1. The minimum Gasteiger partial charge on any atom is -0.462 e. The van der Waals surface area contributed by atoms with Crippen LogP contribution in [0.4, 0.5) is 0 Å². The van der Waals surface area contributed by atoms with E-state index in [9.17, 15) is 14.4 Å². The molecular weight excluding hydrogens is 413 g/mol. The minimum atomic E-state index is -0.590. The number of esters is 1. The molecule has 1 aromatic heterocycles. The van der Waals surface area contributed by atoms with E-state index in [-0.39, 0.29) is 48.6 Å². The van der Waals surface area contributed by atoms with Gasteiger partial charge in [-0.25, -0.2) is 4.79 Å². The zero-order valence-corrected chi connectivity index (χ0v) is 19.6. The van der Waals surface area contributed by atoms with Gasteiger partial charge in [-0.1, -0.05) is 13.0 Å². The molecule has 1 saturated carbocycles. The van der Waals surface area contributed by atoms with Crippen molar-refractivity contribution in [3.8, 4) is 0 Å². The summed E-state index contributed by atoms with van der Waals surface area (Å²) in [6.07, 6.45) is 7.00. The van der Waals surface area contributed by atoms with Crippen LogP contribution in [0.2, 0.25) is 0 Å². The second-order valence-electron chi connectivity index (χ2n) is 6.55. The van der Waals surface area contributed by atoms with Crippen LogP contribution in [0.15, 0.2) is 26.6 Å². The van der Waals surface area contributed by atoms with Gasteiger partial charge >= 0.3 is 35.5 Å². The number of carbonyl (C=O) groups excluding carboxylic acids is 3. The molecule has 4 rings (SSSR count). The van der Waals surface area contributed by atoms with Gasteiger partial charge in [0.2, 0.25) is 5.78 Å². The van der Waals surface area contributed by atoms with Crippen molar-refractivity contribution in [3.63, 3.8) is 0 Å². The third-order valence-corrected chi connectivity index (χ3v) is 4.42. The van der Waals surface area contributed by atoms with E-state index in [1.54, 1.807) is 6.92 Å². The van der Waals surface area contributed by atoms with Crippen LogP contribution >= 0.6 is 0 Å². The third kappa shape index (κ3) is 9.70. The molecule has 0 atom stereocenters. The molecule has 1 fully saturated rings. The zero-order valence-electron chi connectivity index (χ0n) is 17.6. The molecule has 0 bridgehead atoms. The Morgan fingerprint density at radius 2 is 1.81 bits per heavy atom. The number of hydrogen-bond donors (Lipinski definition) is 0. The Labute approximate surface area is 203 Å². The summed E-state index contributed by atoms with van der Waals surface area (Å²) in [5.41, 5.74) is 2.64. The van der Waals surface area contributed by atoms with Crippen LogP contribution in [0.3, 0.4) is 0 Å². The molecule has 31 heavy (non-hydrogen) atoms. The van der Waals surface area contributed by atoms with Crippen LogP contribution in [0.25, 0.3) is 0 Å². The first-order chi connectivity index (χ1) is 14.0. The second-order valence-corrected chi connectivity index (χ2v) is 6.55. The standard InChI is InChI=1S/C9H11N3O.C5H8O.C4H6N4O2.CH4.Na/c1-6-3-2-4-7(6)9(13)8-5-10-12-11-8;6-5-3-1-2-4-5;1-2-10-4(9)3-5-7-8-6-3;;/h2-5H2,1H3;1-4H2;2H2,1H3,(H,5,6,7,8,9);1H4;/q;;;;+1/p-1. The number of aromatic nitrogens is 4. The first-order valence-corrected chi connectivity index (χ1v) is 9.57. The number of nitrogens with zero attached hydrogens (tertiary/aromatic N) is 7. The summed E-state index contributed by atoms with van der Waals surface area (Å²) in [5.74, 6) is -0.177. The molecule has 12 heteroatoms. The predicted molar refractivity (Wildman–Crippen MR) is 108 cm³/mol. The van der Waals surface area contributed by atoms with Crippen LogP contribution in [-0.2, 0) is 14.3 Å². The van der Waals surface area contributed by atoms with Crippen molar-refractivity contribution < 1.29 is 48.7 Å². The summed E-state index contributed by atoms with van der Waals surface area (Å²) in [4.78, 5) is 32.7. The Bertz CT molecular complexity index is 811. The first-order valence-electron chi connectivity index (χ1n) is 9.57. The number of allylic oxidation sites excluding steroid dienone is 2. The smallest absolute Gasteiger partial charge is 0.462 e. The van der Waals surface area contributed by atoms with Crippen molar-refractivity contribution in [3.05, 3.63) is 17.0 Å². The van der Waals surface area contributed by atoms with Gasteiger partial charge in [-0.2, -0.15) is 10.3 Å². The molecule has 0 N–H and O–H groups in total. The molecule has 2 aliphatic carbocycles. The quantitative estimate of drug-likeness (QED) is 0.454. The van der Waals surface area contributed by atoms with E-state index < -0.39 is 5.97 Å². The molecule has 11 nitrogen and oxygen atoms in total. The molecule has 3 aliphatic rings. The molecule has 0 spiro atoms. The fourth-order valence-electron chi connectivity index (χ4n) is 2.90. The number of ketones is 2. The fraction of sp³-hybridized carbons (Fsp3) is 0.632. The van der Waals surface area contributed by atoms with Crippen molar-refractivity contribution in [1.29, 1.82) is 0 Å². The van der Waals surface area contributed by atoms with Gasteiger partial charge in [-0.05, 0) is 51.2 Å². The van der Waals surface area contributed by atoms with Crippen molar-refractivity contribution >= 4 is 23.2 Å². The van der Waals surface area contributed by atoms with Gasteiger partial charge in [-0.3, -0.25) is 19.9 Å². The normalized spacial score (nSPS) is 16.2. The maximum atomic E-state index is 11.7. The van der Waals surface area contributed by atoms with E-state index in [2.05, 4.69) is 40.8 Å². The van der Waals surface area contributed by atoms with Crippen LogP contribution in [0, 0.1) is 0 Å². The van der Waals surface area contributed by atoms with Gasteiger partial charge in [0.25, 0.3) is 0 Å². The number of Topliss-reactive ketones (excluding diaryl/α,β-unsaturated/α-hetero) is 2. The largest absolute Gasteiger partial charge is 1.00 e. The maximum Gasteiger partial charge on any atom is 1.00 e. The van der Waals surface area contributed by atoms with Gasteiger partial charge in [0.05, 0.1) is 6.61 Å². The Balaban J connectivity index is 0.000000448.